The van der Waals surface area contributed by atoms with E-state index in [4.69, 9.17) is 9.97 Å². The molecule has 57 heavy (non-hydrogen) atoms. The van der Waals surface area contributed by atoms with Crippen LogP contribution in [0.4, 0.5) is 0 Å². The average molecular weight is 728 g/mol. The van der Waals surface area contributed by atoms with Crippen LogP contribution in [0.3, 0.4) is 0 Å². The van der Waals surface area contributed by atoms with Gasteiger partial charge < -0.3 is 4.57 Å². The van der Waals surface area contributed by atoms with Crippen LogP contribution in [0.1, 0.15) is 0 Å². The summed E-state index contributed by atoms with van der Waals surface area (Å²) in [5.41, 5.74) is 17.0. The minimum Gasteiger partial charge on any atom is -0.316 e. The molecule has 0 aliphatic heterocycles. The number of pyridine rings is 2. The van der Waals surface area contributed by atoms with Crippen molar-refractivity contribution in [2.45, 2.75) is 0 Å². The molecule has 10 aromatic rings. The first-order valence-electron chi connectivity index (χ1n) is 19.3. The summed E-state index contributed by atoms with van der Waals surface area (Å²) in [5.74, 6) is 0. The van der Waals surface area contributed by atoms with Gasteiger partial charge in [-0.25, -0.2) is 9.97 Å². The van der Waals surface area contributed by atoms with Gasteiger partial charge in [0, 0.05) is 45.1 Å². The molecule has 3 heteroatoms. The summed E-state index contributed by atoms with van der Waals surface area (Å²) in [4.78, 5) is 10.4. The Hall–Kier alpha value is -7.62. The fourth-order valence-corrected chi connectivity index (χ4v) is 7.75. The summed E-state index contributed by atoms with van der Waals surface area (Å²) in [5, 5.41) is 1.21. The van der Waals surface area contributed by atoms with Gasteiger partial charge in [0.1, 0.15) is 0 Å². The number of nitrogens with zero attached hydrogens (tertiary/aromatic N) is 3. The standard InChI is InChI=1S/C54H37N3/c1-6-18-38(19-7-1)49-37-57(54-29-17-16-28-48(49)54)47-31-43(45-33-50(39-20-8-2-9-21-39)55-51(34-45)40-22-10-3-11-23-40)30-44(32-47)46-35-52(41-24-12-4-13-25-41)56-53(36-46)42-26-14-5-15-27-42/h1-37H. The first-order valence-corrected chi connectivity index (χ1v) is 19.3. The van der Waals surface area contributed by atoms with Gasteiger partial charge >= 0.3 is 0 Å². The van der Waals surface area contributed by atoms with Gasteiger partial charge in [0.15, 0.2) is 0 Å². The molecular formula is C54H37N3. The molecule has 0 atom stereocenters. The Balaban J connectivity index is 1.25. The fraction of sp³-hybridized carbons (Fsp3) is 0. The minimum absolute atomic E-state index is 0.929. The van der Waals surface area contributed by atoms with Crippen LogP contribution in [-0.4, -0.2) is 14.5 Å². The van der Waals surface area contributed by atoms with E-state index in [1.165, 1.54) is 16.5 Å². The third kappa shape index (κ3) is 6.84. The molecule has 268 valence electrons. The van der Waals surface area contributed by atoms with Crippen molar-refractivity contribution in [2.75, 3.05) is 0 Å². The van der Waals surface area contributed by atoms with Crippen LogP contribution in [0.15, 0.2) is 225 Å². The molecule has 3 nitrogen and oxygen atoms in total. The van der Waals surface area contributed by atoms with Gasteiger partial charge in [0.25, 0.3) is 0 Å². The number of benzene rings is 7. The summed E-state index contributed by atoms with van der Waals surface area (Å²) in [6.07, 6.45) is 2.29. The fourth-order valence-electron chi connectivity index (χ4n) is 7.75. The van der Waals surface area contributed by atoms with Crippen LogP contribution < -0.4 is 0 Å². The van der Waals surface area contributed by atoms with E-state index in [2.05, 4.69) is 229 Å². The molecule has 0 fully saturated rings. The molecule has 3 heterocycles. The minimum atomic E-state index is 0.929. The molecule has 10 rings (SSSR count). The van der Waals surface area contributed by atoms with Crippen molar-refractivity contribution in [1.82, 2.24) is 14.5 Å². The maximum Gasteiger partial charge on any atom is 0.0715 e. The summed E-state index contributed by atoms with van der Waals surface area (Å²) < 4.78 is 2.35. The summed E-state index contributed by atoms with van der Waals surface area (Å²) in [6.45, 7) is 0. The molecule has 0 amide bonds. The Morgan fingerprint density at radius 2 is 0.614 bits per heavy atom. The highest BCUT2D eigenvalue weighted by atomic mass is 15.0. The number of hydrogen-bond acceptors (Lipinski definition) is 2. The van der Waals surface area contributed by atoms with Gasteiger partial charge in [0.05, 0.1) is 28.3 Å². The van der Waals surface area contributed by atoms with Crippen molar-refractivity contribution in [1.29, 1.82) is 0 Å². The predicted octanol–water partition coefficient (Wildman–Crippen LogP) is 14.1. The molecule has 3 aromatic heterocycles. The third-order valence-electron chi connectivity index (χ3n) is 10.6. The quantitative estimate of drug-likeness (QED) is 0.156. The molecule has 0 saturated carbocycles. The van der Waals surface area contributed by atoms with Crippen LogP contribution in [0.25, 0.3) is 95.0 Å². The monoisotopic (exact) mass is 727 g/mol. The third-order valence-corrected chi connectivity index (χ3v) is 10.6. The van der Waals surface area contributed by atoms with E-state index in [0.717, 1.165) is 78.5 Å². The number of hydrogen-bond donors (Lipinski definition) is 0. The lowest BCUT2D eigenvalue weighted by atomic mass is 9.94. The molecule has 0 aliphatic carbocycles. The zero-order valence-electron chi connectivity index (χ0n) is 31.2. The van der Waals surface area contributed by atoms with Crippen molar-refractivity contribution in [2.24, 2.45) is 0 Å². The van der Waals surface area contributed by atoms with Crippen LogP contribution in [-0.2, 0) is 0 Å². The normalized spacial score (nSPS) is 11.2. The van der Waals surface area contributed by atoms with E-state index < -0.39 is 0 Å². The second-order valence-electron chi connectivity index (χ2n) is 14.3. The van der Waals surface area contributed by atoms with Crippen LogP contribution in [0, 0.1) is 0 Å². The van der Waals surface area contributed by atoms with E-state index in [1.54, 1.807) is 0 Å². The largest absolute Gasteiger partial charge is 0.316 e. The van der Waals surface area contributed by atoms with E-state index in [-0.39, 0.29) is 0 Å². The summed E-state index contributed by atoms with van der Waals surface area (Å²) >= 11 is 0. The Bertz CT molecular complexity index is 2710. The van der Waals surface area contributed by atoms with E-state index in [1.807, 2.05) is 0 Å². The van der Waals surface area contributed by atoms with Crippen LogP contribution in [0.5, 0.6) is 0 Å². The van der Waals surface area contributed by atoms with Gasteiger partial charge in [0.2, 0.25) is 0 Å². The molecule has 0 aliphatic rings. The number of aromatic nitrogens is 3. The maximum absolute atomic E-state index is 5.22. The van der Waals surface area contributed by atoms with Crippen molar-refractivity contribution in [3.63, 3.8) is 0 Å². The van der Waals surface area contributed by atoms with Crippen LogP contribution >= 0.6 is 0 Å². The van der Waals surface area contributed by atoms with Crippen molar-refractivity contribution >= 4 is 10.9 Å². The van der Waals surface area contributed by atoms with Crippen LogP contribution in [0.2, 0.25) is 0 Å². The van der Waals surface area contributed by atoms with Gasteiger partial charge in [-0.1, -0.05) is 170 Å². The average Bonchev–Trinajstić information content (AvgIpc) is 3.70. The molecule has 0 radical (unpaired) electrons. The highest BCUT2D eigenvalue weighted by Crippen LogP contribution is 2.39. The predicted molar refractivity (Wildman–Crippen MR) is 237 cm³/mol. The number of para-hydroxylation sites is 1. The Morgan fingerprint density at radius 3 is 1.02 bits per heavy atom. The molecule has 0 unspecified atom stereocenters. The van der Waals surface area contributed by atoms with Crippen molar-refractivity contribution in [3.8, 4) is 84.1 Å². The highest BCUT2D eigenvalue weighted by molar-refractivity contribution is 5.97. The van der Waals surface area contributed by atoms with E-state index in [9.17, 15) is 0 Å². The molecule has 7 aromatic carbocycles. The Morgan fingerprint density at radius 1 is 0.281 bits per heavy atom. The first-order chi connectivity index (χ1) is 28.2. The molecule has 0 saturated heterocycles. The second kappa shape index (κ2) is 14.9. The maximum atomic E-state index is 5.22. The van der Waals surface area contributed by atoms with Gasteiger partial charge in [-0.2, -0.15) is 0 Å². The Kier molecular flexibility index (Phi) is 8.86. The molecule has 0 bridgehead atoms. The van der Waals surface area contributed by atoms with E-state index in [0.29, 0.717) is 0 Å². The summed E-state index contributed by atoms with van der Waals surface area (Å²) in [6, 6.07) is 77.1. The molecule has 0 N–H and O–H groups in total. The van der Waals surface area contributed by atoms with Gasteiger partial charge in [-0.15, -0.1) is 0 Å². The van der Waals surface area contributed by atoms with Gasteiger partial charge in [-0.3, -0.25) is 0 Å². The number of fused-ring (bicyclic) bond motifs is 1. The van der Waals surface area contributed by atoms with Gasteiger partial charge in [-0.05, 0) is 76.3 Å². The SMILES string of the molecule is c1ccc(-c2cc(-c3cc(-c4cc(-c5ccccc5)nc(-c5ccccc5)c4)cc(-n4cc(-c5ccccc5)c5ccccc54)c3)cc(-c3ccccc3)n2)cc1. The lowest BCUT2D eigenvalue weighted by Crippen LogP contribution is -1.97. The Labute approximate surface area is 332 Å². The zero-order valence-corrected chi connectivity index (χ0v) is 31.2. The summed E-state index contributed by atoms with van der Waals surface area (Å²) in [7, 11) is 0. The molecular weight excluding hydrogens is 691 g/mol. The van der Waals surface area contributed by atoms with Crippen molar-refractivity contribution in [3.05, 3.63) is 225 Å². The molecule has 0 spiro atoms. The van der Waals surface area contributed by atoms with E-state index >= 15 is 0 Å². The zero-order chi connectivity index (χ0) is 38.0. The first kappa shape index (κ1) is 33.9. The van der Waals surface area contributed by atoms with Crippen molar-refractivity contribution < 1.29 is 0 Å². The topological polar surface area (TPSA) is 30.7 Å². The lowest BCUT2D eigenvalue weighted by Gasteiger charge is -2.16. The highest BCUT2D eigenvalue weighted by Gasteiger charge is 2.17. The lowest BCUT2D eigenvalue weighted by molar-refractivity contribution is 1.13. The smallest absolute Gasteiger partial charge is 0.0715 e. The number of rotatable bonds is 8. The second-order valence-corrected chi connectivity index (χ2v) is 14.3.